The lowest BCUT2D eigenvalue weighted by molar-refractivity contribution is -0.461. The van der Waals surface area contributed by atoms with Crippen molar-refractivity contribution in [2.24, 2.45) is 0 Å². The molecule has 0 aromatic rings. The van der Waals surface area contributed by atoms with E-state index in [1.165, 1.54) is 0 Å². The van der Waals surface area contributed by atoms with Crippen LogP contribution in [0.1, 0.15) is 20.3 Å². The first-order valence-electron chi connectivity index (χ1n) is 8.69. The second-order valence-electron chi connectivity index (χ2n) is 7.06. The zero-order chi connectivity index (χ0) is 28.9. The van der Waals surface area contributed by atoms with E-state index in [2.05, 4.69) is 6.58 Å². The quantitative estimate of drug-likeness (QED) is 0.201. The summed E-state index contributed by atoms with van der Waals surface area (Å²) in [6.07, 6.45) is -10.5. The van der Waals surface area contributed by atoms with E-state index in [1.807, 2.05) is 0 Å². The van der Waals surface area contributed by atoms with Gasteiger partial charge < -0.3 is 4.90 Å². The number of carbonyl (C=O) groups is 1. The number of hydrogen-bond donors (Lipinski definition) is 0. The van der Waals surface area contributed by atoms with Crippen LogP contribution in [0.15, 0.2) is 12.2 Å². The van der Waals surface area contributed by atoms with Crippen molar-refractivity contribution in [3.63, 3.8) is 0 Å². The van der Waals surface area contributed by atoms with Gasteiger partial charge in [0.1, 0.15) is 0 Å². The molecule has 0 aliphatic rings. The fraction of sp³-hybridized carbons (Fsp3) is 0.812. The third-order valence-corrected chi connectivity index (χ3v) is 4.52. The van der Waals surface area contributed by atoms with Crippen LogP contribution in [-0.4, -0.2) is 71.5 Å². The average molecular weight is 559 g/mol. The van der Waals surface area contributed by atoms with Gasteiger partial charge in [0.25, 0.3) is 0 Å². The predicted octanol–water partition coefficient (Wildman–Crippen LogP) is 6.81. The van der Waals surface area contributed by atoms with Crippen molar-refractivity contribution in [2.75, 3.05) is 13.1 Å². The summed E-state index contributed by atoms with van der Waals surface area (Å²) in [6, 6.07) is 0. The third kappa shape index (κ3) is 4.86. The number of hydrogen-bond acceptors (Lipinski definition) is 1. The minimum absolute atomic E-state index is 0.218. The van der Waals surface area contributed by atoms with E-state index in [0.717, 1.165) is 13.8 Å². The number of halogens is 17. The van der Waals surface area contributed by atoms with E-state index >= 15 is 0 Å². The van der Waals surface area contributed by atoms with E-state index in [4.69, 9.17) is 0 Å². The second-order valence-corrected chi connectivity index (χ2v) is 7.06. The number of nitrogens with zero attached hydrogens (tertiary/aromatic N) is 1. The molecule has 0 aliphatic carbocycles. The maximum Gasteiger partial charge on any atom is 0.460 e. The summed E-state index contributed by atoms with van der Waals surface area (Å²) in [6.45, 7) is 2.77. The van der Waals surface area contributed by atoms with Crippen molar-refractivity contribution in [1.29, 1.82) is 0 Å². The van der Waals surface area contributed by atoms with Gasteiger partial charge in [-0.05, 0) is 13.8 Å². The molecule has 0 radical (unpaired) electrons. The fourth-order valence-electron chi connectivity index (χ4n) is 2.30. The maximum absolute atomic E-state index is 13.8. The van der Waals surface area contributed by atoms with Gasteiger partial charge in [-0.25, -0.2) is 0 Å². The van der Waals surface area contributed by atoms with Crippen molar-refractivity contribution in [3.05, 3.63) is 12.2 Å². The molecule has 0 spiro atoms. The van der Waals surface area contributed by atoms with Gasteiger partial charge in [-0.2, -0.15) is 74.6 Å². The zero-order valence-electron chi connectivity index (χ0n) is 17.1. The van der Waals surface area contributed by atoms with Crippen molar-refractivity contribution in [3.8, 4) is 0 Å². The maximum atomic E-state index is 13.8. The summed E-state index contributed by atoms with van der Waals surface area (Å²) in [5.41, 5.74) is -0.425. The molecule has 208 valence electrons. The molecular formula is C16H14F17NO. The van der Waals surface area contributed by atoms with Crippen molar-refractivity contribution >= 4 is 5.91 Å². The number of alkyl halides is 17. The third-order valence-electron chi connectivity index (χ3n) is 4.52. The molecule has 2 nitrogen and oxygen atoms in total. The van der Waals surface area contributed by atoms with Gasteiger partial charge >= 0.3 is 47.6 Å². The van der Waals surface area contributed by atoms with Gasteiger partial charge in [0, 0.05) is 25.1 Å². The Morgan fingerprint density at radius 1 is 0.629 bits per heavy atom. The van der Waals surface area contributed by atoms with Crippen molar-refractivity contribution in [2.45, 2.75) is 67.9 Å². The lowest BCUT2D eigenvalue weighted by Gasteiger charge is -2.43. The molecule has 19 heteroatoms. The van der Waals surface area contributed by atoms with Gasteiger partial charge in [-0.15, -0.1) is 0 Å². The average Bonchev–Trinajstić information content (AvgIpc) is 2.66. The minimum atomic E-state index is -8.66. The molecule has 0 saturated heterocycles. The predicted molar refractivity (Wildman–Crippen MR) is 82.4 cm³/mol. The van der Waals surface area contributed by atoms with Gasteiger partial charge in [-0.1, -0.05) is 6.58 Å². The Kier molecular flexibility index (Phi) is 8.63. The SMILES string of the molecule is C=C(C)C(=O)N(CC)CCC(F)(F)C(F)(F)C(F)(F)C(F)(F)C(F)(F)C(F)(F)C(F)(F)C(F)(F)F. The summed E-state index contributed by atoms with van der Waals surface area (Å²) in [5.74, 6) is -57.9. The molecule has 1 amide bonds. The van der Waals surface area contributed by atoms with Gasteiger partial charge in [-0.3, -0.25) is 4.79 Å². The van der Waals surface area contributed by atoms with Crippen LogP contribution >= 0.6 is 0 Å². The number of rotatable bonds is 11. The van der Waals surface area contributed by atoms with E-state index < -0.39 is 78.6 Å². The highest BCUT2D eigenvalue weighted by Gasteiger charge is 2.95. The molecule has 0 heterocycles. The Balaban J connectivity index is 6.49. The van der Waals surface area contributed by atoms with E-state index in [-0.39, 0.29) is 4.90 Å². The Morgan fingerprint density at radius 2 is 0.943 bits per heavy atom. The summed E-state index contributed by atoms with van der Waals surface area (Å²) < 4.78 is 224. The van der Waals surface area contributed by atoms with E-state index in [0.29, 0.717) is 0 Å². The first kappa shape index (κ1) is 33.0. The van der Waals surface area contributed by atoms with Crippen LogP contribution in [0.5, 0.6) is 0 Å². The monoisotopic (exact) mass is 559 g/mol. The molecule has 0 aromatic carbocycles. The number of amides is 1. The standard InChI is InChI=1S/C16H14F17NO/c1-4-34(8(35)7(2)3)6-5-9(17,18)10(19,20)11(21,22)12(23,24)13(25,26)14(27,28)15(29,30)16(31,32)33/h2,4-6H2,1,3H3. The van der Waals surface area contributed by atoms with Crippen LogP contribution in [0.3, 0.4) is 0 Å². The molecule has 0 atom stereocenters. The molecule has 0 rings (SSSR count). The number of carbonyl (C=O) groups excluding carboxylic acids is 1. The van der Waals surface area contributed by atoms with E-state index in [1.54, 1.807) is 0 Å². The van der Waals surface area contributed by atoms with Crippen LogP contribution in [0.2, 0.25) is 0 Å². The summed E-state index contributed by atoms with van der Waals surface area (Å²) in [5, 5.41) is 0. The highest BCUT2D eigenvalue weighted by Crippen LogP contribution is 2.64. The van der Waals surface area contributed by atoms with Crippen LogP contribution < -0.4 is 0 Å². The van der Waals surface area contributed by atoms with Gasteiger partial charge in [0.2, 0.25) is 5.91 Å². The van der Waals surface area contributed by atoms with Crippen LogP contribution in [0, 0.1) is 0 Å². The Morgan fingerprint density at radius 3 is 1.23 bits per heavy atom. The van der Waals surface area contributed by atoms with Crippen molar-refractivity contribution in [1.82, 2.24) is 4.90 Å². The smallest absolute Gasteiger partial charge is 0.339 e. The van der Waals surface area contributed by atoms with Crippen LogP contribution in [0.4, 0.5) is 74.6 Å². The lowest BCUT2D eigenvalue weighted by Crippen LogP contribution is -2.74. The normalized spacial score (nSPS) is 15.3. The molecule has 0 bridgehead atoms. The molecule has 35 heavy (non-hydrogen) atoms. The van der Waals surface area contributed by atoms with Crippen molar-refractivity contribution < 1.29 is 79.4 Å². The Bertz CT molecular complexity index is 798. The molecule has 0 saturated carbocycles. The Labute approximate surface area is 184 Å². The Hall–Kier alpha value is -1.98. The zero-order valence-corrected chi connectivity index (χ0v) is 17.1. The lowest BCUT2D eigenvalue weighted by atomic mass is 9.88. The van der Waals surface area contributed by atoms with Crippen LogP contribution in [0.25, 0.3) is 0 Å². The molecule has 0 aliphatic heterocycles. The fourth-order valence-corrected chi connectivity index (χ4v) is 2.30. The molecule has 0 aromatic heterocycles. The molecule has 0 N–H and O–H groups in total. The first-order valence-corrected chi connectivity index (χ1v) is 8.69. The highest BCUT2D eigenvalue weighted by atomic mass is 19.4. The van der Waals surface area contributed by atoms with E-state index in [9.17, 15) is 79.4 Å². The molecule has 0 fully saturated rings. The second kappa shape index (κ2) is 9.15. The topological polar surface area (TPSA) is 20.3 Å². The summed E-state index contributed by atoms with van der Waals surface area (Å²) >= 11 is 0. The highest BCUT2D eigenvalue weighted by molar-refractivity contribution is 5.92. The molecule has 0 unspecified atom stereocenters. The van der Waals surface area contributed by atoms with Gasteiger partial charge in [0.15, 0.2) is 0 Å². The molecular weight excluding hydrogens is 545 g/mol. The summed E-state index contributed by atoms with van der Waals surface area (Å²) in [7, 11) is 0. The van der Waals surface area contributed by atoms with Gasteiger partial charge in [0.05, 0.1) is 0 Å². The number of likely N-dealkylation sites (N-methyl/N-ethyl adjacent to an activating group) is 1. The summed E-state index contributed by atoms with van der Waals surface area (Å²) in [4.78, 5) is 11.8. The minimum Gasteiger partial charge on any atom is -0.339 e. The largest absolute Gasteiger partial charge is 0.460 e. The first-order chi connectivity index (χ1) is 15.0. The van der Waals surface area contributed by atoms with Crippen LogP contribution in [-0.2, 0) is 4.79 Å².